The second kappa shape index (κ2) is 5.42. The van der Waals surface area contributed by atoms with E-state index >= 15 is 0 Å². The zero-order valence-electron chi connectivity index (χ0n) is 15.4. The number of allylic oxidation sites excluding steroid dienone is 2. The SMILES string of the molecule is O=C1Cc2cc3ccc(-c4ccccc4)cc3cc2C2(C1)CC1=CCC2C1. The molecule has 2 unspecified atom stereocenters. The summed E-state index contributed by atoms with van der Waals surface area (Å²) in [6.07, 6.45) is 7.23. The minimum atomic E-state index is 0.0751. The fourth-order valence-corrected chi connectivity index (χ4v) is 5.92. The Labute approximate surface area is 159 Å². The zero-order valence-corrected chi connectivity index (χ0v) is 15.4. The Balaban J connectivity index is 1.55. The van der Waals surface area contributed by atoms with Gasteiger partial charge in [-0.25, -0.2) is 0 Å². The predicted octanol–water partition coefficient (Wildman–Crippen LogP) is 6.00. The van der Waals surface area contributed by atoms with Crippen LogP contribution in [-0.4, -0.2) is 5.78 Å². The molecule has 27 heavy (non-hydrogen) atoms. The number of ketones is 1. The predicted molar refractivity (Wildman–Crippen MR) is 110 cm³/mol. The highest BCUT2D eigenvalue weighted by Crippen LogP contribution is 2.58. The van der Waals surface area contributed by atoms with E-state index in [1.807, 2.05) is 0 Å². The number of hydrogen-bond acceptors (Lipinski definition) is 1. The van der Waals surface area contributed by atoms with Gasteiger partial charge in [-0.05, 0) is 64.3 Å². The Bertz CT molecular complexity index is 1120. The topological polar surface area (TPSA) is 17.1 Å². The summed E-state index contributed by atoms with van der Waals surface area (Å²) < 4.78 is 0. The molecule has 2 atom stereocenters. The summed E-state index contributed by atoms with van der Waals surface area (Å²) in [4.78, 5) is 12.6. The Morgan fingerprint density at radius 2 is 1.74 bits per heavy atom. The number of rotatable bonds is 1. The summed E-state index contributed by atoms with van der Waals surface area (Å²) in [7, 11) is 0. The number of carbonyl (C=O) groups excluding carboxylic acids is 1. The zero-order chi connectivity index (χ0) is 18.0. The fraction of sp³-hybridized carbons (Fsp3) is 0.269. The third-order valence-electron chi connectivity index (χ3n) is 7.13. The molecule has 0 aromatic heterocycles. The highest BCUT2D eigenvalue weighted by molar-refractivity contribution is 5.93. The molecule has 1 nitrogen and oxygen atoms in total. The number of hydrogen-bond donors (Lipinski definition) is 0. The van der Waals surface area contributed by atoms with Crippen LogP contribution >= 0.6 is 0 Å². The van der Waals surface area contributed by atoms with Crippen LogP contribution < -0.4 is 0 Å². The Morgan fingerprint density at radius 3 is 2.52 bits per heavy atom. The van der Waals surface area contributed by atoms with Crippen molar-refractivity contribution in [2.75, 3.05) is 0 Å². The summed E-state index contributed by atoms with van der Waals surface area (Å²) in [6.45, 7) is 0. The van der Waals surface area contributed by atoms with Crippen LogP contribution in [0.2, 0.25) is 0 Å². The van der Waals surface area contributed by atoms with Gasteiger partial charge in [-0.1, -0.05) is 66.2 Å². The molecule has 0 aliphatic heterocycles. The van der Waals surface area contributed by atoms with Crippen LogP contribution in [0.1, 0.15) is 36.8 Å². The number of fused-ring (bicyclic) bond motifs is 6. The second-order valence-electron chi connectivity index (χ2n) is 8.66. The lowest BCUT2D eigenvalue weighted by Crippen LogP contribution is -2.39. The van der Waals surface area contributed by atoms with Crippen molar-refractivity contribution in [2.24, 2.45) is 5.92 Å². The van der Waals surface area contributed by atoms with E-state index in [-0.39, 0.29) is 5.41 Å². The number of Topliss-reactive ketones (excluding diaryl/α,β-unsaturated/α-hetero) is 1. The second-order valence-corrected chi connectivity index (χ2v) is 8.66. The van der Waals surface area contributed by atoms with Crippen molar-refractivity contribution in [3.05, 3.63) is 83.4 Å². The van der Waals surface area contributed by atoms with Crippen molar-refractivity contribution in [3.63, 3.8) is 0 Å². The third kappa shape index (κ3) is 2.21. The van der Waals surface area contributed by atoms with E-state index in [0.717, 1.165) is 19.3 Å². The molecule has 0 saturated heterocycles. The molecule has 0 N–H and O–H groups in total. The lowest BCUT2D eigenvalue weighted by molar-refractivity contribution is -0.120. The van der Waals surface area contributed by atoms with Gasteiger partial charge in [0.1, 0.15) is 5.78 Å². The standard InChI is InChI=1S/C26H22O/c27-24-13-22-12-20-8-7-19(18-4-2-1-3-5-18)11-21(20)14-25(22)26(16-24)15-17-6-9-23(26)10-17/h1-8,11-12,14,23H,9-10,13,15-16H2. The highest BCUT2D eigenvalue weighted by atomic mass is 16.1. The van der Waals surface area contributed by atoms with Crippen molar-refractivity contribution in [2.45, 2.75) is 37.5 Å². The smallest absolute Gasteiger partial charge is 0.138 e. The van der Waals surface area contributed by atoms with Crippen LogP contribution in [0.4, 0.5) is 0 Å². The van der Waals surface area contributed by atoms with Crippen molar-refractivity contribution in [3.8, 4) is 11.1 Å². The Morgan fingerprint density at radius 1 is 0.852 bits per heavy atom. The molecule has 3 aromatic carbocycles. The average Bonchev–Trinajstić information content (AvgIpc) is 3.28. The van der Waals surface area contributed by atoms with Crippen molar-refractivity contribution < 1.29 is 4.79 Å². The molecular weight excluding hydrogens is 328 g/mol. The first-order valence-electron chi connectivity index (χ1n) is 10.0. The van der Waals surface area contributed by atoms with Crippen molar-refractivity contribution in [1.82, 2.24) is 0 Å². The molecule has 1 heteroatoms. The van der Waals surface area contributed by atoms with E-state index in [1.54, 1.807) is 5.57 Å². The molecule has 0 radical (unpaired) electrons. The van der Waals surface area contributed by atoms with Crippen LogP contribution in [0.25, 0.3) is 21.9 Å². The highest BCUT2D eigenvalue weighted by Gasteiger charge is 2.51. The van der Waals surface area contributed by atoms with Crippen LogP contribution in [0.15, 0.2) is 72.3 Å². The lowest BCUT2D eigenvalue weighted by Gasteiger charge is -2.41. The van der Waals surface area contributed by atoms with Gasteiger partial charge in [0.2, 0.25) is 0 Å². The molecule has 1 spiro atoms. The summed E-state index contributed by atoms with van der Waals surface area (Å²) in [6, 6.07) is 22.0. The first-order chi connectivity index (χ1) is 13.2. The van der Waals surface area contributed by atoms with Gasteiger partial charge in [-0.2, -0.15) is 0 Å². The quantitative estimate of drug-likeness (QED) is 0.492. The van der Waals surface area contributed by atoms with E-state index in [9.17, 15) is 4.79 Å². The number of benzene rings is 3. The van der Waals surface area contributed by atoms with Crippen molar-refractivity contribution >= 4 is 16.6 Å². The summed E-state index contributed by atoms with van der Waals surface area (Å²) in [5, 5.41) is 2.56. The molecule has 3 aliphatic rings. The van der Waals surface area contributed by atoms with Gasteiger partial charge in [0.25, 0.3) is 0 Å². The van der Waals surface area contributed by atoms with Gasteiger partial charge in [0.15, 0.2) is 0 Å². The first-order valence-corrected chi connectivity index (χ1v) is 10.0. The lowest BCUT2D eigenvalue weighted by atomic mass is 9.62. The van der Waals surface area contributed by atoms with Gasteiger partial charge in [0, 0.05) is 18.3 Å². The minimum absolute atomic E-state index is 0.0751. The summed E-state index contributed by atoms with van der Waals surface area (Å²) >= 11 is 0. The Hall–Kier alpha value is -2.67. The van der Waals surface area contributed by atoms with E-state index in [1.165, 1.54) is 39.4 Å². The third-order valence-corrected chi connectivity index (χ3v) is 7.13. The van der Waals surface area contributed by atoms with E-state index in [0.29, 0.717) is 18.1 Å². The molecule has 0 amide bonds. The van der Waals surface area contributed by atoms with E-state index in [2.05, 4.69) is 66.7 Å². The molecule has 132 valence electrons. The maximum Gasteiger partial charge on any atom is 0.138 e. The minimum Gasteiger partial charge on any atom is -0.299 e. The molecule has 1 fully saturated rings. The first kappa shape index (κ1) is 15.4. The number of carbonyl (C=O) groups is 1. The van der Waals surface area contributed by atoms with Gasteiger partial charge in [0.05, 0.1) is 0 Å². The molecule has 3 aliphatic carbocycles. The van der Waals surface area contributed by atoms with Crippen LogP contribution in [0.5, 0.6) is 0 Å². The summed E-state index contributed by atoms with van der Waals surface area (Å²) in [5.41, 5.74) is 6.92. The Kier molecular flexibility index (Phi) is 3.09. The molecular formula is C26H22O. The van der Waals surface area contributed by atoms with Gasteiger partial charge in [-0.15, -0.1) is 0 Å². The molecule has 2 bridgehead atoms. The van der Waals surface area contributed by atoms with Crippen LogP contribution in [0, 0.1) is 5.92 Å². The van der Waals surface area contributed by atoms with Crippen LogP contribution in [-0.2, 0) is 16.6 Å². The molecule has 1 saturated carbocycles. The molecule has 6 rings (SSSR count). The van der Waals surface area contributed by atoms with Crippen LogP contribution in [0.3, 0.4) is 0 Å². The van der Waals surface area contributed by atoms with Gasteiger partial charge >= 0.3 is 0 Å². The van der Waals surface area contributed by atoms with E-state index < -0.39 is 0 Å². The van der Waals surface area contributed by atoms with Crippen molar-refractivity contribution in [1.29, 1.82) is 0 Å². The monoisotopic (exact) mass is 350 g/mol. The fourth-order valence-electron chi connectivity index (χ4n) is 5.92. The largest absolute Gasteiger partial charge is 0.299 e. The van der Waals surface area contributed by atoms with Gasteiger partial charge < -0.3 is 0 Å². The molecule has 0 heterocycles. The maximum absolute atomic E-state index is 12.6. The average molecular weight is 350 g/mol. The normalized spacial score (nSPS) is 25.9. The molecule has 3 aromatic rings. The van der Waals surface area contributed by atoms with Gasteiger partial charge in [-0.3, -0.25) is 4.79 Å². The maximum atomic E-state index is 12.6. The van der Waals surface area contributed by atoms with E-state index in [4.69, 9.17) is 0 Å². The summed E-state index contributed by atoms with van der Waals surface area (Å²) in [5.74, 6) is 1.06.